The summed E-state index contributed by atoms with van der Waals surface area (Å²) in [6, 6.07) is 5.55. The van der Waals surface area contributed by atoms with Gasteiger partial charge in [-0.2, -0.15) is 0 Å². The van der Waals surface area contributed by atoms with E-state index in [-0.39, 0.29) is 0 Å². The van der Waals surface area contributed by atoms with Gasteiger partial charge < -0.3 is 5.73 Å². The van der Waals surface area contributed by atoms with Crippen molar-refractivity contribution < 1.29 is 0 Å². The monoisotopic (exact) mass is 217 g/mol. The summed E-state index contributed by atoms with van der Waals surface area (Å²) in [5.41, 5.74) is 6.22. The lowest BCUT2D eigenvalue weighted by atomic mass is 10.2. The Morgan fingerprint density at radius 1 is 1.17 bits per heavy atom. The number of fused-ring (bicyclic) bond motifs is 1. The Morgan fingerprint density at radius 3 is 2.67 bits per heavy atom. The van der Waals surface area contributed by atoms with Crippen LogP contribution in [0.1, 0.15) is 0 Å². The molecule has 2 aromatic rings. The van der Waals surface area contributed by atoms with Gasteiger partial charge in [-0.05, 0) is 23.6 Å². The maximum atomic E-state index is 5.84. The van der Waals surface area contributed by atoms with Crippen LogP contribution in [0.2, 0.25) is 9.36 Å². The number of rotatable bonds is 0. The highest BCUT2D eigenvalue weighted by Crippen LogP contribution is 2.33. The number of anilines is 1. The fourth-order valence-electron chi connectivity index (χ4n) is 1.05. The molecule has 0 unspecified atom stereocenters. The number of nitrogens with two attached hydrogens (primary N) is 1. The summed E-state index contributed by atoms with van der Waals surface area (Å²) in [5, 5.41) is 1.63. The summed E-state index contributed by atoms with van der Waals surface area (Å²) < 4.78 is 1.82. The molecule has 0 saturated carbocycles. The number of hydrogen-bond donors (Lipinski definition) is 1. The fourth-order valence-corrected chi connectivity index (χ4v) is 2.45. The third-order valence-electron chi connectivity index (χ3n) is 1.61. The number of hydrogen-bond acceptors (Lipinski definition) is 2. The van der Waals surface area contributed by atoms with Gasteiger partial charge in [0.15, 0.2) is 0 Å². The normalized spacial score (nSPS) is 10.8. The predicted molar refractivity (Wildman–Crippen MR) is 56.3 cm³/mol. The molecule has 4 heteroatoms. The van der Waals surface area contributed by atoms with Crippen LogP contribution in [0.15, 0.2) is 18.2 Å². The molecular weight excluding hydrogens is 213 g/mol. The first-order chi connectivity index (χ1) is 5.66. The van der Waals surface area contributed by atoms with E-state index in [1.807, 2.05) is 18.2 Å². The van der Waals surface area contributed by atoms with E-state index in [4.69, 9.17) is 28.9 Å². The maximum Gasteiger partial charge on any atom is 0.0940 e. The first-order valence-corrected chi connectivity index (χ1v) is 4.88. The first-order valence-electron chi connectivity index (χ1n) is 3.31. The second-order valence-electron chi connectivity index (χ2n) is 2.46. The summed E-state index contributed by atoms with van der Waals surface area (Å²) in [6.07, 6.45) is 0. The third-order valence-corrected chi connectivity index (χ3v) is 3.16. The summed E-state index contributed by atoms with van der Waals surface area (Å²) in [7, 11) is 0. The lowest BCUT2D eigenvalue weighted by molar-refractivity contribution is 1.78. The average Bonchev–Trinajstić information content (AvgIpc) is 2.30. The van der Waals surface area contributed by atoms with Crippen molar-refractivity contribution in [2.75, 3.05) is 5.73 Å². The van der Waals surface area contributed by atoms with Crippen molar-refractivity contribution in [2.24, 2.45) is 0 Å². The van der Waals surface area contributed by atoms with Crippen molar-refractivity contribution in [2.45, 2.75) is 0 Å². The van der Waals surface area contributed by atoms with Crippen LogP contribution in [0.4, 0.5) is 5.69 Å². The zero-order valence-electron chi connectivity index (χ0n) is 5.97. The van der Waals surface area contributed by atoms with Crippen LogP contribution in [0.3, 0.4) is 0 Å². The molecule has 12 heavy (non-hydrogen) atoms. The summed E-state index contributed by atoms with van der Waals surface area (Å²) in [5.74, 6) is 0. The minimum Gasteiger partial charge on any atom is -0.398 e. The van der Waals surface area contributed by atoms with Gasteiger partial charge in [0.1, 0.15) is 0 Å². The minimum absolute atomic E-state index is 0.584. The molecule has 0 bridgehead atoms. The summed E-state index contributed by atoms with van der Waals surface area (Å²) >= 11 is 13.2. The van der Waals surface area contributed by atoms with E-state index in [0.29, 0.717) is 10.7 Å². The van der Waals surface area contributed by atoms with Crippen molar-refractivity contribution in [1.82, 2.24) is 0 Å². The van der Waals surface area contributed by atoms with Crippen LogP contribution in [0, 0.1) is 0 Å². The Bertz CT molecular complexity index is 397. The SMILES string of the molecule is Nc1cc2cc(Cl)sc2cc1Cl. The van der Waals surface area contributed by atoms with Crippen LogP contribution in [0.5, 0.6) is 0 Å². The van der Waals surface area contributed by atoms with Gasteiger partial charge in [-0.3, -0.25) is 0 Å². The molecule has 0 spiro atoms. The second-order valence-corrected chi connectivity index (χ2v) is 4.58. The van der Waals surface area contributed by atoms with E-state index < -0.39 is 0 Å². The number of nitrogen functional groups attached to an aromatic ring is 1. The van der Waals surface area contributed by atoms with E-state index >= 15 is 0 Å². The zero-order valence-corrected chi connectivity index (χ0v) is 8.30. The van der Waals surface area contributed by atoms with Gasteiger partial charge in [0, 0.05) is 4.70 Å². The first kappa shape index (κ1) is 8.17. The zero-order chi connectivity index (χ0) is 8.72. The Labute approximate surface area is 83.7 Å². The smallest absolute Gasteiger partial charge is 0.0940 e. The van der Waals surface area contributed by atoms with Crippen LogP contribution < -0.4 is 5.73 Å². The van der Waals surface area contributed by atoms with Gasteiger partial charge in [0.05, 0.1) is 15.0 Å². The molecule has 0 saturated heterocycles. The minimum atomic E-state index is 0.584. The third kappa shape index (κ3) is 1.26. The van der Waals surface area contributed by atoms with Crippen molar-refractivity contribution in [1.29, 1.82) is 0 Å². The number of halogens is 2. The second kappa shape index (κ2) is 2.80. The van der Waals surface area contributed by atoms with E-state index in [1.165, 1.54) is 11.3 Å². The van der Waals surface area contributed by atoms with E-state index in [2.05, 4.69) is 0 Å². The largest absolute Gasteiger partial charge is 0.398 e. The molecule has 0 aliphatic rings. The molecule has 0 aliphatic heterocycles. The van der Waals surface area contributed by atoms with Gasteiger partial charge in [0.2, 0.25) is 0 Å². The van der Waals surface area contributed by atoms with Crippen LogP contribution in [-0.4, -0.2) is 0 Å². The van der Waals surface area contributed by atoms with Gasteiger partial charge in [-0.15, -0.1) is 11.3 Å². The van der Waals surface area contributed by atoms with Gasteiger partial charge in [0.25, 0.3) is 0 Å². The molecule has 1 heterocycles. The van der Waals surface area contributed by atoms with Gasteiger partial charge in [-0.1, -0.05) is 23.2 Å². The standard InChI is InChI=1S/C8H5Cl2NS/c9-5-3-7-4(1-6(5)11)2-8(10)12-7/h1-3H,11H2. The van der Waals surface area contributed by atoms with E-state index in [9.17, 15) is 0 Å². The molecule has 1 nitrogen and oxygen atoms in total. The Balaban J connectivity index is 2.83. The summed E-state index contributed by atoms with van der Waals surface area (Å²) in [6.45, 7) is 0. The fraction of sp³-hybridized carbons (Fsp3) is 0. The predicted octanol–water partition coefficient (Wildman–Crippen LogP) is 3.79. The van der Waals surface area contributed by atoms with Gasteiger partial charge >= 0.3 is 0 Å². The lowest BCUT2D eigenvalue weighted by Gasteiger charge is -1.95. The molecular formula is C8H5Cl2NS. The highest BCUT2D eigenvalue weighted by Gasteiger charge is 2.03. The van der Waals surface area contributed by atoms with Crippen LogP contribution in [0.25, 0.3) is 10.1 Å². The van der Waals surface area contributed by atoms with Crippen molar-refractivity contribution >= 4 is 50.3 Å². The average molecular weight is 218 g/mol. The highest BCUT2D eigenvalue weighted by molar-refractivity contribution is 7.22. The lowest BCUT2D eigenvalue weighted by Crippen LogP contribution is -1.83. The van der Waals surface area contributed by atoms with E-state index in [1.54, 1.807) is 0 Å². The molecule has 2 rings (SSSR count). The molecule has 0 aliphatic carbocycles. The molecule has 1 aromatic heterocycles. The molecule has 0 atom stereocenters. The quantitative estimate of drug-likeness (QED) is 0.669. The summed E-state index contributed by atoms with van der Waals surface area (Å²) in [4.78, 5) is 0. The molecule has 0 fully saturated rings. The molecule has 1 aromatic carbocycles. The molecule has 0 radical (unpaired) electrons. The molecule has 0 amide bonds. The molecule has 2 N–H and O–H groups in total. The number of benzene rings is 1. The van der Waals surface area contributed by atoms with Crippen molar-refractivity contribution in [3.05, 3.63) is 27.6 Å². The molecule has 62 valence electrons. The van der Waals surface area contributed by atoms with Crippen molar-refractivity contribution in [3.8, 4) is 0 Å². The topological polar surface area (TPSA) is 26.0 Å². The van der Waals surface area contributed by atoms with Crippen molar-refractivity contribution in [3.63, 3.8) is 0 Å². The Morgan fingerprint density at radius 2 is 1.92 bits per heavy atom. The highest BCUT2D eigenvalue weighted by atomic mass is 35.5. The Hall–Kier alpha value is -0.440. The van der Waals surface area contributed by atoms with Crippen LogP contribution in [-0.2, 0) is 0 Å². The maximum absolute atomic E-state index is 5.84. The number of thiophene rings is 1. The Kier molecular flexibility index (Phi) is 1.91. The van der Waals surface area contributed by atoms with E-state index in [0.717, 1.165) is 14.4 Å². The van der Waals surface area contributed by atoms with Crippen LogP contribution >= 0.6 is 34.5 Å². The van der Waals surface area contributed by atoms with Gasteiger partial charge in [-0.25, -0.2) is 0 Å².